The van der Waals surface area contributed by atoms with E-state index in [1.54, 1.807) is 30.3 Å². The standard InChI is InChI=1S/C8H11N2O4P/c9-8(10-11)6-13-15(12)14-7-4-2-1-3-5-7/h1-5,11,15H,6H2,(H2,9,10)/p+1. The first-order valence-corrected chi connectivity index (χ1v) is 5.31. The molecule has 0 spiro atoms. The molecule has 0 radical (unpaired) electrons. The molecule has 0 amide bonds. The van der Waals surface area contributed by atoms with E-state index in [4.69, 9.17) is 20.0 Å². The molecule has 0 aromatic heterocycles. The molecule has 0 fully saturated rings. The van der Waals surface area contributed by atoms with Crippen molar-refractivity contribution >= 4 is 14.1 Å². The number of para-hydroxylation sites is 1. The molecule has 0 bridgehead atoms. The molecule has 1 aromatic rings. The van der Waals surface area contributed by atoms with Crippen LogP contribution in [0.15, 0.2) is 35.5 Å². The summed E-state index contributed by atoms with van der Waals surface area (Å²) in [4.78, 5) is 0. The molecule has 0 heterocycles. The molecule has 6 nitrogen and oxygen atoms in total. The molecule has 1 aromatic carbocycles. The summed E-state index contributed by atoms with van der Waals surface area (Å²) in [5, 5.41) is 10.8. The number of nitrogens with two attached hydrogens (primary N) is 1. The van der Waals surface area contributed by atoms with Gasteiger partial charge in [0.2, 0.25) is 0 Å². The van der Waals surface area contributed by atoms with Gasteiger partial charge in [-0.3, -0.25) is 4.52 Å². The Morgan fingerprint density at radius 3 is 2.80 bits per heavy atom. The van der Waals surface area contributed by atoms with E-state index in [0.717, 1.165) is 0 Å². The van der Waals surface area contributed by atoms with Crippen molar-refractivity contribution in [3.63, 3.8) is 0 Å². The van der Waals surface area contributed by atoms with Gasteiger partial charge in [0.25, 0.3) is 0 Å². The third kappa shape index (κ3) is 4.49. The first-order valence-electron chi connectivity index (χ1n) is 4.08. The fourth-order valence-corrected chi connectivity index (χ4v) is 1.43. The number of rotatable bonds is 5. The van der Waals surface area contributed by atoms with Gasteiger partial charge in [-0.25, -0.2) is 4.57 Å². The van der Waals surface area contributed by atoms with E-state index in [-0.39, 0.29) is 13.9 Å². The first kappa shape index (κ1) is 11.6. The van der Waals surface area contributed by atoms with Crippen LogP contribution in [0.4, 0.5) is 0 Å². The summed E-state index contributed by atoms with van der Waals surface area (Å²) < 4.78 is 20.8. The van der Waals surface area contributed by atoms with Crippen molar-refractivity contribution in [2.45, 2.75) is 0 Å². The average Bonchev–Trinajstić information content (AvgIpc) is 2.27. The number of amidine groups is 1. The number of hydrogen-bond acceptors (Lipinski definition) is 5. The number of benzene rings is 1. The molecule has 82 valence electrons. The van der Waals surface area contributed by atoms with Gasteiger partial charge < -0.3 is 15.5 Å². The second-order valence-corrected chi connectivity index (χ2v) is 3.54. The lowest BCUT2D eigenvalue weighted by atomic mass is 10.3. The van der Waals surface area contributed by atoms with Crippen molar-refractivity contribution in [2.24, 2.45) is 10.9 Å². The van der Waals surface area contributed by atoms with E-state index in [1.165, 1.54) is 0 Å². The van der Waals surface area contributed by atoms with E-state index < -0.39 is 8.25 Å². The largest absolute Gasteiger partial charge is 1.00 e. The fraction of sp³-hybridized carbons (Fsp3) is 0.125. The minimum absolute atomic E-state index is 0. The van der Waals surface area contributed by atoms with Crippen molar-refractivity contribution < 1.29 is 20.2 Å². The number of oxime groups is 1. The van der Waals surface area contributed by atoms with E-state index in [0.29, 0.717) is 5.75 Å². The Labute approximate surface area is 88.7 Å². The predicted octanol–water partition coefficient (Wildman–Crippen LogP) is 1.33. The van der Waals surface area contributed by atoms with Crippen molar-refractivity contribution in [3.05, 3.63) is 30.3 Å². The molecular weight excluding hydrogens is 219 g/mol. The van der Waals surface area contributed by atoms with Gasteiger partial charge in [0.1, 0.15) is 12.4 Å². The maximum absolute atomic E-state index is 11.2. The maximum atomic E-state index is 11.2. The quantitative estimate of drug-likeness (QED) is 0.262. The van der Waals surface area contributed by atoms with E-state index in [9.17, 15) is 4.57 Å². The zero-order valence-corrected chi connectivity index (χ0v) is 8.79. The fourth-order valence-electron chi connectivity index (χ4n) is 0.776. The number of nitrogens with zero attached hydrogens (tertiary/aromatic N) is 1. The van der Waals surface area contributed by atoms with Gasteiger partial charge in [-0.05, 0) is 12.1 Å². The predicted molar refractivity (Wildman–Crippen MR) is 56.5 cm³/mol. The second-order valence-electron chi connectivity index (χ2n) is 2.55. The molecule has 1 unspecified atom stereocenters. The van der Waals surface area contributed by atoms with Crippen LogP contribution in [0.5, 0.6) is 5.75 Å². The van der Waals surface area contributed by atoms with Gasteiger partial charge in [0.05, 0.1) is 0 Å². The molecule has 1 atom stereocenters. The normalized spacial score (nSPS) is 13.5. The molecular formula is C8H12N2O4P+. The Kier molecular flexibility index (Phi) is 4.66. The van der Waals surface area contributed by atoms with E-state index >= 15 is 0 Å². The molecule has 0 saturated carbocycles. The van der Waals surface area contributed by atoms with Gasteiger partial charge in [0, 0.05) is 0 Å². The summed E-state index contributed by atoms with van der Waals surface area (Å²) in [6.45, 7) is -0.235. The van der Waals surface area contributed by atoms with Crippen molar-refractivity contribution in [1.29, 1.82) is 0 Å². The molecule has 1 rings (SSSR count). The monoisotopic (exact) mass is 231 g/mol. The van der Waals surface area contributed by atoms with Crippen LogP contribution in [0.25, 0.3) is 0 Å². The van der Waals surface area contributed by atoms with Gasteiger partial charge in [-0.2, -0.15) is 0 Å². The van der Waals surface area contributed by atoms with Crippen molar-refractivity contribution in [3.8, 4) is 5.75 Å². The zero-order chi connectivity index (χ0) is 11.1. The summed E-state index contributed by atoms with van der Waals surface area (Å²) in [6.07, 6.45) is 0. The van der Waals surface area contributed by atoms with Crippen LogP contribution >= 0.6 is 8.25 Å². The number of hydrogen-bond donors (Lipinski definition) is 2. The van der Waals surface area contributed by atoms with Crippen LogP contribution < -0.4 is 10.3 Å². The summed E-state index contributed by atoms with van der Waals surface area (Å²) in [5.74, 6) is 0.283. The van der Waals surface area contributed by atoms with Crippen LogP contribution in [0.2, 0.25) is 0 Å². The Morgan fingerprint density at radius 1 is 1.53 bits per heavy atom. The van der Waals surface area contributed by atoms with Crippen LogP contribution in [0.3, 0.4) is 0 Å². The topological polar surface area (TPSA) is 94.1 Å². The van der Waals surface area contributed by atoms with Crippen LogP contribution in [0, 0.1) is 0 Å². The smallest absolute Gasteiger partial charge is 0.426 e. The Morgan fingerprint density at radius 2 is 2.20 bits per heavy atom. The minimum Gasteiger partial charge on any atom is -0.426 e. The lowest BCUT2D eigenvalue weighted by Gasteiger charge is -2.05. The highest BCUT2D eigenvalue weighted by atomic mass is 31.1. The Hall–Kier alpha value is -1.52. The Balaban J connectivity index is 0.00000225. The van der Waals surface area contributed by atoms with E-state index in [1.807, 2.05) is 0 Å². The Bertz CT molecular complexity index is 360. The van der Waals surface area contributed by atoms with Crippen molar-refractivity contribution in [1.82, 2.24) is 0 Å². The van der Waals surface area contributed by atoms with Gasteiger partial charge >= 0.3 is 9.68 Å². The second kappa shape index (κ2) is 6.06. The highest BCUT2D eigenvalue weighted by molar-refractivity contribution is 7.33. The molecule has 3 N–H and O–H groups in total. The third-order valence-electron chi connectivity index (χ3n) is 1.41. The van der Waals surface area contributed by atoms with Crippen LogP contribution in [-0.2, 0) is 9.09 Å². The summed E-state index contributed by atoms with van der Waals surface area (Å²) in [7, 11) is -2.67. The van der Waals surface area contributed by atoms with Crippen molar-refractivity contribution in [2.75, 3.05) is 6.61 Å². The lowest BCUT2D eigenvalue weighted by molar-refractivity contribution is 0.298. The first-order chi connectivity index (χ1) is 7.22. The van der Waals surface area contributed by atoms with Crippen LogP contribution in [0.1, 0.15) is 1.43 Å². The average molecular weight is 231 g/mol. The molecule has 0 aliphatic carbocycles. The lowest BCUT2D eigenvalue weighted by Crippen LogP contribution is -2.17. The molecule has 0 aliphatic heterocycles. The summed E-state index contributed by atoms with van der Waals surface area (Å²) >= 11 is 0. The molecule has 0 aliphatic rings. The third-order valence-corrected chi connectivity index (χ3v) is 2.19. The minimum atomic E-state index is -2.67. The van der Waals surface area contributed by atoms with Crippen LogP contribution in [-0.4, -0.2) is 17.6 Å². The molecule has 0 saturated heterocycles. The highest BCUT2D eigenvalue weighted by Crippen LogP contribution is 2.26. The molecule has 7 heteroatoms. The maximum Gasteiger partial charge on any atom is 1.00 e. The molecule has 15 heavy (non-hydrogen) atoms. The summed E-state index contributed by atoms with van der Waals surface area (Å²) in [5.41, 5.74) is 5.11. The van der Waals surface area contributed by atoms with Gasteiger partial charge in [-0.15, -0.1) is 0 Å². The highest BCUT2D eigenvalue weighted by Gasteiger charge is 2.02. The SMILES string of the molecule is NC(CO[PH](=O)Oc1ccccc1)=NO.[H+]. The summed E-state index contributed by atoms with van der Waals surface area (Å²) in [6, 6.07) is 8.59. The van der Waals surface area contributed by atoms with Gasteiger partial charge in [0.15, 0.2) is 5.84 Å². The van der Waals surface area contributed by atoms with E-state index in [2.05, 4.69) is 5.16 Å². The zero-order valence-electron chi connectivity index (χ0n) is 8.79. The van der Waals surface area contributed by atoms with Gasteiger partial charge in [-0.1, -0.05) is 23.4 Å².